The number of halogens is 1. The van der Waals surface area contributed by atoms with Crippen LogP contribution in [0.15, 0.2) is 34.1 Å². The normalized spacial score (nSPS) is 19.1. The first-order chi connectivity index (χ1) is 10.3. The Morgan fingerprint density at radius 2 is 1.83 bits per heavy atom. The van der Waals surface area contributed by atoms with E-state index in [1.807, 2.05) is 0 Å². The molecule has 2 N–H and O–H groups in total. The van der Waals surface area contributed by atoms with Gasteiger partial charge in [0.05, 0.1) is 4.90 Å². The van der Waals surface area contributed by atoms with Gasteiger partial charge in [-0.15, -0.1) is 12.4 Å². The maximum absolute atomic E-state index is 12.4. The summed E-state index contributed by atoms with van der Waals surface area (Å²) < 4.78 is 50.7. The molecule has 0 saturated carbocycles. The van der Waals surface area contributed by atoms with Crippen LogP contribution in [0.25, 0.3) is 0 Å². The lowest BCUT2D eigenvalue weighted by atomic mass is 9.96. The van der Waals surface area contributed by atoms with Gasteiger partial charge in [-0.25, -0.2) is 21.6 Å². The van der Waals surface area contributed by atoms with Gasteiger partial charge in [0.1, 0.15) is 4.90 Å². The number of piperidine rings is 1. The van der Waals surface area contributed by atoms with Gasteiger partial charge in [-0.05, 0) is 50.4 Å². The van der Waals surface area contributed by atoms with E-state index in [1.165, 1.54) is 24.3 Å². The highest BCUT2D eigenvalue weighted by molar-refractivity contribution is 7.93. The van der Waals surface area contributed by atoms with E-state index in [2.05, 4.69) is 10.0 Å². The summed E-state index contributed by atoms with van der Waals surface area (Å²) in [5, 5.41) is 3.29. The topological polar surface area (TPSA) is 92.3 Å². The van der Waals surface area contributed by atoms with E-state index in [-0.39, 0.29) is 22.2 Å². The summed E-state index contributed by atoms with van der Waals surface area (Å²) in [4.78, 5) is -0.346. The van der Waals surface area contributed by atoms with Crippen molar-refractivity contribution in [1.82, 2.24) is 10.0 Å². The molecule has 1 saturated heterocycles. The molecule has 1 atom stereocenters. The van der Waals surface area contributed by atoms with E-state index in [1.54, 1.807) is 0 Å². The van der Waals surface area contributed by atoms with Crippen LogP contribution in [-0.4, -0.2) is 42.7 Å². The lowest BCUT2D eigenvalue weighted by molar-refractivity contribution is 0.358. The van der Waals surface area contributed by atoms with Crippen LogP contribution in [0.2, 0.25) is 0 Å². The first-order valence-corrected chi connectivity index (χ1v) is 10.7. The Labute approximate surface area is 144 Å². The van der Waals surface area contributed by atoms with E-state index in [9.17, 15) is 16.8 Å². The van der Waals surface area contributed by atoms with Crippen molar-refractivity contribution in [3.05, 3.63) is 24.3 Å². The second kappa shape index (κ2) is 8.43. The van der Waals surface area contributed by atoms with Gasteiger partial charge in [0.2, 0.25) is 10.0 Å². The molecule has 1 unspecified atom stereocenters. The molecule has 1 aromatic rings. The quantitative estimate of drug-likeness (QED) is 0.770. The molecule has 1 heterocycles. The van der Waals surface area contributed by atoms with Crippen LogP contribution in [0.5, 0.6) is 0 Å². The van der Waals surface area contributed by atoms with Crippen molar-refractivity contribution in [2.45, 2.75) is 29.1 Å². The minimum absolute atomic E-state index is 0. The average Bonchev–Trinajstić information content (AvgIpc) is 2.47. The highest BCUT2D eigenvalue weighted by Gasteiger charge is 2.23. The predicted octanol–water partition coefficient (Wildman–Crippen LogP) is 1.18. The zero-order valence-electron chi connectivity index (χ0n) is 13.0. The molecule has 1 aromatic carbocycles. The molecule has 132 valence electrons. The van der Waals surface area contributed by atoms with Crippen molar-refractivity contribution in [3.8, 4) is 0 Å². The summed E-state index contributed by atoms with van der Waals surface area (Å²) in [5.41, 5.74) is 0. The second-order valence-electron chi connectivity index (χ2n) is 5.62. The van der Waals surface area contributed by atoms with Gasteiger partial charge >= 0.3 is 0 Å². The smallest absolute Gasteiger partial charge is 0.241 e. The summed E-state index contributed by atoms with van der Waals surface area (Å²) >= 11 is 0. The average molecular weight is 383 g/mol. The van der Waals surface area contributed by atoms with Crippen molar-refractivity contribution in [3.63, 3.8) is 0 Å². The van der Waals surface area contributed by atoms with Crippen LogP contribution >= 0.6 is 12.4 Å². The molecule has 0 spiro atoms. The molecular weight excluding hydrogens is 360 g/mol. The minimum Gasteiger partial charge on any atom is -0.316 e. The van der Waals surface area contributed by atoms with E-state index < -0.39 is 19.9 Å². The van der Waals surface area contributed by atoms with E-state index in [0.717, 1.165) is 38.6 Å². The third kappa shape index (κ3) is 5.72. The predicted molar refractivity (Wildman–Crippen MR) is 92.2 cm³/mol. The number of hydrogen-bond donors (Lipinski definition) is 2. The summed E-state index contributed by atoms with van der Waals surface area (Å²) in [7, 11) is -7.42. The van der Waals surface area contributed by atoms with Gasteiger partial charge in [-0.3, -0.25) is 0 Å². The highest BCUT2D eigenvalue weighted by Crippen LogP contribution is 2.20. The molecule has 0 bridgehead atoms. The molecule has 0 radical (unpaired) electrons. The van der Waals surface area contributed by atoms with E-state index in [0.29, 0.717) is 12.5 Å². The fourth-order valence-electron chi connectivity index (χ4n) is 2.62. The summed E-state index contributed by atoms with van der Waals surface area (Å²) in [5.74, 6) is 0.460. The van der Waals surface area contributed by atoms with Gasteiger partial charge in [0.25, 0.3) is 0 Å². The highest BCUT2D eigenvalue weighted by atomic mass is 35.5. The fraction of sp³-hybridized carbons (Fsp3) is 0.571. The number of sulfone groups is 1. The van der Waals surface area contributed by atoms with Crippen molar-refractivity contribution < 1.29 is 16.8 Å². The van der Waals surface area contributed by atoms with Crippen molar-refractivity contribution >= 4 is 32.3 Å². The number of hydrogen-bond acceptors (Lipinski definition) is 5. The Kier molecular flexibility index (Phi) is 7.47. The monoisotopic (exact) mass is 382 g/mol. The fourth-order valence-corrected chi connectivity index (χ4v) is 5.30. The zero-order valence-corrected chi connectivity index (χ0v) is 15.4. The maximum Gasteiger partial charge on any atom is 0.241 e. The third-order valence-corrected chi connectivity index (χ3v) is 6.59. The molecule has 0 amide bonds. The number of benzene rings is 1. The summed E-state index contributed by atoms with van der Waals surface area (Å²) in [6.45, 7) is 2.23. The van der Waals surface area contributed by atoms with Crippen molar-refractivity contribution in [2.75, 3.05) is 25.9 Å². The van der Waals surface area contributed by atoms with Gasteiger partial charge < -0.3 is 5.32 Å². The molecular formula is C14H23ClN2O4S2. The first kappa shape index (κ1) is 20.4. The number of nitrogens with one attached hydrogen (secondary N) is 2. The Morgan fingerprint density at radius 3 is 2.39 bits per heavy atom. The summed E-state index contributed by atoms with van der Waals surface area (Å²) in [6, 6.07) is 5.67. The molecule has 0 aromatic heterocycles. The van der Waals surface area contributed by atoms with Crippen LogP contribution < -0.4 is 10.0 Å². The largest absolute Gasteiger partial charge is 0.316 e. The lowest BCUT2D eigenvalue weighted by Gasteiger charge is -2.22. The van der Waals surface area contributed by atoms with Crippen LogP contribution in [0.3, 0.4) is 0 Å². The van der Waals surface area contributed by atoms with Crippen molar-refractivity contribution in [2.24, 2.45) is 5.92 Å². The van der Waals surface area contributed by atoms with Gasteiger partial charge in [0, 0.05) is 12.8 Å². The molecule has 6 nitrogen and oxygen atoms in total. The maximum atomic E-state index is 12.4. The minimum atomic E-state index is -3.82. The van der Waals surface area contributed by atoms with Crippen molar-refractivity contribution in [1.29, 1.82) is 0 Å². The van der Waals surface area contributed by atoms with Crippen LogP contribution in [0, 0.1) is 5.92 Å². The van der Waals surface area contributed by atoms with Crippen LogP contribution in [0.1, 0.15) is 19.3 Å². The molecule has 2 rings (SSSR count). The van der Waals surface area contributed by atoms with Crippen LogP contribution in [-0.2, 0) is 19.9 Å². The number of rotatable bonds is 6. The molecule has 0 aliphatic carbocycles. The molecule has 23 heavy (non-hydrogen) atoms. The van der Waals surface area contributed by atoms with Crippen LogP contribution in [0.4, 0.5) is 0 Å². The lowest BCUT2D eigenvalue weighted by Crippen LogP contribution is -2.33. The molecule has 9 heteroatoms. The molecule has 1 aliphatic heterocycles. The SMILES string of the molecule is CS(=O)(=O)c1ccccc1S(=O)(=O)NCCC1CCCNC1.Cl. The Morgan fingerprint density at radius 1 is 1.17 bits per heavy atom. The Bertz CT molecular complexity index is 714. The van der Waals surface area contributed by atoms with E-state index in [4.69, 9.17) is 0 Å². The van der Waals surface area contributed by atoms with Gasteiger partial charge in [-0.1, -0.05) is 12.1 Å². The van der Waals surface area contributed by atoms with Gasteiger partial charge in [-0.2, -0.15) is 0 Å². The Hall–Kier alpha value is -0.670. The first-order valence-electron chi connectivity index (χ1n) is 7.30. The number of sulfonamides is 1. The molecule has 1 aliphatic rings. The Balaban J connectivity index is 0.00000264. The van der Waals surface area contributed by atoms with Gasteiger partial charge in [0.15, 0.2) is 9.84 Å². The standard InChI is InChI=1S/C14H22N2O4S2.ClH/c1-21(17,18)13-6-2-3-7-14(13)22(19,20)16-10-8-12-5-4-9-15-11-12;/h2-3,6-7,12,15-16H,4-5,8-11H2,1H3;1H. The second-order valence-corrected chi connectivity index (χ2v) is 9.34. The molecule has 1 fully saturated rings. The van der Waals surface area contributed by atoms with E-state index >= 15 is 0 Å². The third-order valence-electron chi connectivity index (χ3n) is 3.78. The zero-order chi connectivity index (χ0) is 16.2. The summed E-state index contributed by atoms with van der Waals surface area (Å²) in [6.07, 6.45) is 3.95.